The lowest BCUT2D eigenvalue weighted by molar-refractivity contribution is -0.156. The van der Waals surface area contributed by atoms with Gasteiger partial charge in [0.15, 0.2) is 0 Å². The minimum atomic E-state index is -0.511. The fourth-order valence-corrected chi connectivity index (χ4v) is 3.59. The topological polar surface area (TPSA) is 120 Å². The maximum Gasteiger partial charge on any atom is 0.262 e. The third kappa shape index (κ3) is 4.68. The number of aromatic nitrogens is 3. The highest BCUT2D eigenvalue weighted by Crippen LogP contribution is 2.30. The van der Waals surface area contributed by atoms with Crippen molar-refractivity contribution in [2.45, 2.75) is 39.0 Å². The zero-order chi connectivity index (χ0) is 19.2. The molecule has 1 saturated carbocycles. The second kappa shape index (κ2) is 8.72. The van der Waals surface area contributed by atoms with Gasteiger partial charge in [-0.05, 0) is 37.3 Å². The van der Waals surface area contributed by atoms with E-state index < -0.39 is 5.92 Å². The molecule has 27 heavy (non-hydrogen) atoms. The van der Waals surface area contributed by atoms with Gasteiger partial charge in [0, 0.05) is 0 Å². The third-order valence-corrected chi connectivity index (χ3v) is 5.05. The van der Waals surface area contributed by atoms with Crippen LogP contribution in [0.15, 0.2) is 18.2 Å². The number of hydrogen-bond donors (Lipinski definition) is 3. The molecule has 1 atom stereocenters. The van der Waals surface area contributed by atoms with Gasteiger partial charge in [-0.15, -0.1) is 10.2 Å². The number of aryl methyl sites for hydroxylation is 1. The van der Waals surface area contributed by atoms with Crippen molar-refractivity contribution in [2.75, 3.05) is 12.0 Å². The summed E-state index contributed by atoms with van der Waals surface area (Å²) in [7, 11) is 0. The first-order chi connectivity index (χ1) is 13.1. The molecular weight excluding hydrogens is 348 g/mol. The normalized spacial score (nSPS) is 15.9. The van der Waals surface area contributed by atoms with E-state index in [9.17, 15) is 14.8 Å². The van der Waals surface area contributed by atoms with Crippen LogP contribution in [0.1, 0.15) is 37.7 Å². The Morgan fingerprint density at radius 3 is 2.85 bits per heavy atom. The van der Waals surface area contributed by atoms with Crippen molar-refractivity contribution in [3.8, 4) is 0 Å². The molecule has 9 heteroatoms. The Hall–Kier alpha value is -2.81. The third-order valence-electron chi connectivity index (χ3n) is 5.05. The first-order valence-corrected chi connectivity index (χ1v) is 9.15. The summed E-state index contributed by atoms with van der Waals surface area (Å²) in [6, 6.07) is 5.62. The van der Waals surface area contributed by atoms with Gasteiger partial charge in [0.1, 0.15) is 5.52 Å². The highest BCUT2D eigenvalue weighted by Gasteiger charge is 2.31. The number of carbonyl (C=O) groups excluding carboxylic acids is 2. The van der Waals surface area contributed by atoms with Crippen LogP contribution in [0.5, 0.6) is 0 Å². The van der Waals surface area contributed by atoms with Gasteiger partial charge in [-0.2, -0.15) is 0 Å². The molecule has 0 spiro atoms. The summed E-state index contributed by atoms with van der Waals surface area (Å²) in [5, 5.41) is 18.2. The van der Waals surface area contributed by atoms with E-state index >= 15 is 0 Å². The largest absolute Gasteiger partial charge is 0.286 e. The summed E-state index contributed by atoms with van der Waals surface area (Å²) in [5.41, 5.74) is 7.64. The van der Waals surface area contributed by atoms with Gasteiger partial charge in [-0.3, -0.25) is 25.6 Å². The number of rotatable bonds is 7. The van der Waals surface area contributed by atoms with E-state index in [1.54, 1.807) is 0 Å². The predicted molar refractivity (Wildman–Crippen MR) is 98.5 cm³/mol. The molecule has 1 aromatic heterocycles. The monoisotopic (exact) mass is 372 g/mol. The van der Waals surface area contributed by atoms with Gasteiger partial charge >= 0.3 is 0 Å². The Bertz CT molecular complexity index is 809. The summed E-state index contributed by atoms with van der Waals surface area (Å²) in [6.45, 7) is 1.88. The van der Waals surface area contributed by atoms with Gasteiger partial charge in [0.05, 0.1) is 18.0 Å². The van der Waals surface area contributed by atoms with Crippen molar-refractivity contribution in [1.29, 1.82) is 0 Å². The Balaban J connectivity index is 1.69. The predicted octanol–water partition coefficient (Wildman–Crippen LogP) is 1.82. The Kier molecular flexibility index (Phi) is 6.12. The molecule has 9 nitrogen and oxygen atoms in total. The zero-order valence-electron chi connectivity index (χ0n) is 15.3. The number of nitrogens with zero attached hydrogens (tertiary/aromatic N) is 4. The SMILES string of the molecule is Cc1cccc2nnc(NNC(=O)[C@@H](CN(O)C=O)C3CCCCC3)nc12. The number of hydroxylamine groups is 2. The van der Waals surface area contributed by atoms with Crippen LogP contribution in [-0.4, -0.2) is 44.3 Å². The molecule has 0 unspecified atom stereocenters. The zero-order valence-corrected chi connectivity index (χ0v) is 15.3. The number of hydrazine groups is 1. The molecule has 2 amide bonds. The summed E-state index contributed by atoms with van der Waals surface area (Å²) >= 11 is 0. The molecule has 1 aromatic carbocycles. The minimum absolute atomic E-state index is 0.0440. The Morgan fingerprint density at radius 1 is 1.33 bits per heavy atom. The van der Waals surface area contributed by atoms with Crippen LogP contribution >= 0.6 is 0 Å². The second-order valence-electron chi connectivity index (χ2n) is 6.92. The van der Waals surface area contributed by atoms with Crippen LogP contribution in [0, 0.1) is 18.8 Å². The lowest BCUT2D eigenvalue weighted by Crippen LogP contribution is -2.44. The van der Waals surface area contributed by atoms with E-state index in [0.29, 0.717) is 22.5 Å². The second-order valence-corrected chi connectivity index (χ2v) is 6.92. The van der Waals surface area contributed by atoms with Gasteiger partial charge < -0.3 is 0 Å². The van der Waals surface area contributed by atoms with E-state index in [-0.39, 0.29) is 24.3 Å². The maximum atomic E-state index is 12.7. The molecule has 0 bridgehead atoms. The van der Waals surface area contributed by atoms with Gasteiger partial charge in [-0.1, -0.05) is 31.4 Å². The van der Waals surface area contributed by atoms with Crippen molar-refractivity contribution >= 4 is 29.3 Å². The van der Waals surface area contributed by atoms with Gasteiger partial charge in [0.2, 0.25) is 12.3 Å². The highest BCUT2D eigenvalue weighted by atomic mass is 16.5. The Morgan fingerprint density at radius 2 is 2.11 bits per heavy atom. The number of nitrogens with one attached hydrogen (secondary N) is 2. The molecule has 3 rings (SSSR count). The lowest BCUT2D eigenvalue weighted by atomic mass is 9.79. The van der Waals surface area contributed by atoms with Crippen molar-refractivity contribution in [2.24, 2.45) is 11.8 Å². The fourth-order valence-electron chi connectivity index (χ4n) is 3.59. The van der Waals surface area contributed by atoms with Gasteiger partial charge in [0.25, 0.3) is 5.95 Å². The van der Waals surface area contributed by atoms with Crippen LogP contribution in [0.3, 0.4) is 0 Å². The highest BCUT2D eigenvalue weighted by molar-refractivity contribution is 5.81. The molecule has 0 radical (unpaired) electrons. The van der Waals surface area contributed by atoms with Crippen LogP contribution in [0.4, 0.5) is 5.95 Å². The van der Waals surface area contributed by atoms with Crippen LogP contribution in [0.2, 0.25) is 0 Å². The van der Waals surface area contributed by atoms with Crippen LogP contribution in [0.25, 0.3) is 11.0 Å². The number of amides is 2. The lowest BCUT2D eigenvalue weighted by Gasteiger charge is -2.30. The molecule has 1 aliphatic carbocycles. The van der Waals surface area contributed by atoms with Crippen molar-refractivity contribution in [3.05, 3.63) is 23.8 Å². The van der Waals surface area contributed by atoms with Crippen molar-refractivity contribution < 1.29 is 14.8 Å². The first kappa shape index (κ1) is 19.0. The summed E-state index contributed by atoms with van der Waals surface area (Å²) < 4.78 is 0. The molecule has 144 valence electrons. The van der Waals surface area contributed by atoms with Crippen LogP contribution < -0.4 is 10.9 Å². The fraction of sp³-hybridized carbons (Fsp3) is 0.500. The van der Waals surface area contributed by atoms with E-state index in [2.05, 4.69) is 26.0 Å². The summed E-state index contributed by atoms with van der Waals surface area (Å²) in [6.07, 6.45) is 5.36. The molecule has 1 heterocycles. The number of anilines is 1. The van der Waals surface area contributed by atoms with E-state index in [1.165, 1.54) is 0 Å². The average molecular weight is 372 g/mol. The molecule has 2 aromatic rings. The number of benzene rings is 1. The number of carbonyl (C=O) groups is 2. The smallest absolute Gasteiger partial charge is 0.262 e. The van der Waals surface area contributed by atoms with E-state index in [0.717, 1.165) is 37.7 Å². The van der Waals surface area contributed by atoms with E-state index in [1.807, 2.05) is 25.1 Å². The molecular formula is C18H24N6O3. The minimum Gasteiger partial charge on any atom is -0.286 e. The maximum absolute atomic E-state index is 12.7. The number of fused-ring (bicyclic) bond motifs is 1. The quantitative estimate of drug-likeness (QED) is 0.385. The standard InChI is InChI=1S/C18H24N6O3/c1-12-6-5-9-15-16(12)19-18(22-20-15)23-21-17(26)14(10-24(27)11-25)13-7-3-2-4-8-13/h5-6,9,11,13-14,27H,2-4,7-8,10H2,1H3,(H,21,26)(H,19,22,23)/t14-/m0/s1. The summed E-state index contributed by atoms with van der Waals surface area (Å²) in [5.74, 6) is -0.517. The molecule has 1 aliphatic rings. The number of para-hydroxylation sites is 1. The summed E-state index contributed by atoms with van der Waals surface area (Å²) in [4.78, 5) is 27.9. The first-order valence-electron chi connectivity index (χ1n) is 9.15. The van der Waals surface area contributed by atoms with E-state index in [4.69, 9.17) is 0 Å². The Labute approximate surface area is 157 Å². The number of hydrogen-bond acceptors (Lipinski definition) is 7. The molecule has 0 saturated heterocycles. The van der Waals surface area contributed by atoms with Crippen molar-refractivity contribution in [3.63, 3.8) is 0 Å². The average Bonchev–Trinajstić information content (AvgIpc) is 2.71. The van der Waals surface area contributed by atoms with Gasteiger partial charge in [-0.25, -0.2) is 10.0 Å². The molecule has 3 N–H and O–H groups in total. The molecule has 1 fully saturated rings. The van der Waals surface area contributed by atoms with Crippen molar-refractivity contribution in [1.82, 2.24) is 25.7 Å². The molecule has 0 aliphatic heterocycles. The van der Waals surface area contributed by atoms with Crippen LogP contribution in [-0.2, 0) is 9.59 Å².